The van der Waals surface area contributed by atoms with Gasteiger partial charge in [0.2, 0.25) is 0 Å². The highest BCUT2D eigenvalue weighted by molar-refractivity contribution is 5.25. The molecule has 2 N–H and O–H groups in total. The molecule has 2 unspecified atom stereocenters. The molecule has 0 heterocycles. The van der Waals surface area contributed by atoms with Crippen LogP contribution in [0.5, 0.6) is 0 Å². The van der Waals surface area contributed by atoms with Crippen molar-refractivity contribution in [1.29, 1.82) is 0 Å². The van der Waals surface area contributed by atoms with Crippen LogP contribution in [-0.4, -0.2) is 24.0 Å². The molecule has 1 aliphatic carbocycles. The van der Waals surface area contributed by atoms with Crippen LogP contribution in [0, 0.1) is 12.8 Å². The van der Waals surface area contributed by atoms with Crippen LogP contribution < -0.4 is 5.73 Å². The van der Waals surface area contributed by atoms with Crippen LogP contribution in [-0.2, 0) is 0 Å². The van der Waals surface area contributed by atoms with E-state index in [1.165, 1.54) is 36.8 Å². The van der Waals surface area contributed by atoms with Crippen molar-refractivity contribution in [3.05, 3.63) is 35.4 Å². The fraction of sp³-hybridized carbons (Fsp3) is 0.684. The lowest BCUT2D eigenvalue weighted by atomic mass is 9.85. The molecule has 2 atom stereocenters. The second-order valence-electron chi connectivity index (χ2n) is 7.01. The van der Waals surface area contributed by atoms with Crippen molar-refractivity contribution < 1.29 is 0 Å². The zero-order valence-electron chi connectivity index (χ0n) is 14.2. The summed E-state index contributed by atoms with van der Waals surface area (Å²) < 4.78 is 0. The van der Waals surface area contributed by atoms with Gasteiger partial charge in [-0.1, -0.05) is 43.7 Å². The summed E-state index contributed by atoms with van der Waals surface area (Å²) in [6, 6.07) is 10.2. The minimum Gasteiger partial charge on any atom is -0.326 e. The molecule has 1 fully saturated rings. The molecule has 0 aliphatic heterocycles. The number of nitrogens with zero attached hydrogens (tertiary/aromatic N) is 1. The molecule has 0 spiro atoms. The van der Waals surface area contributed by atoms with Crippen molar-refractivity contribution in [2.75, 3.05) is 7.05 Å². The smallest absolute Gasteiger partial charge is 0.0498 e. The fourth-order valence-corrected chi connectivity index (χ4v) is 3.65. The Kier molecular flexibility index (Phi) is 5.83. The first-order chi connectivity index (χ1) is 10.0. The molecule has 0 amide bonds. The number of likely N-dealkylation sites (N-methyl/N-ethyl adjacent to an activating group) is 1. The molecule has 0 radical (unpaired) electrons. The van der Waals surface area contributed by atoms with Crippen molar-refractivity contribution >= 4 is 0 Å². The molecular formula is C19H32N2. The van der Waals surface area contributed by atoms with E-state index in [0.717, 1.165) is 12.3 Å². The molecular weight excluding hydrogens is 256 g/mol. The van der Waals surface area contributed by atoms with Crippen molar-refractivity contribution in [3.8, 4) is 0 Å². The van der Waals surface area contributed by atoms with Crippen molar-refractivity contribution in [1.82, 2.24) is 4.90 Å². The average Bonchev–Trinajstić information content (AvgIpc) is 2.49. The average molecular weight is 288 g/mol. The number of benzene rings is 1. The minimum absolute atomic E-state index is 0.206. The van der Waals surface area contributed by atoms with Crippen LogP contribution in [0.25, 0.3) is 0 Å². The molecule has 2 rings (SSSR count). The first-order valence-electron chi connectivity index (χ1n) is 8.57. The van der Waals surface area contributed by atoms with Gasteiger partial charge < -0.3 is 5.73 Å². The van der Waals surface area contributed by atoms with E-state index < -0.39 is 0 Å². The van der Waals surface area contributed by atoms with Crippen molar-refractivity contribution in [2.24, 2.45) is 11.7 Å². The molecule has 2 nitrogen and oxygen atoms in total. The Labute approximate surface area is 130 Å². The van der Waals surface area contributed by atoms with Gasteiger partial charge in [-0.2, -0.15) is 0 Å². The lowest BCUT2D eigenvalue weighted by molar-refractivity contribution is 0.107. The maximum atomic E-state index is 6.48. The van der Waals surface area contributed by atoms with E-state index >= 15 is 0 Å². The summed E-state index contributed by atoms with van der Waals surface area (Å²) >= 11 is 0. The number of hydrogen-bond donors (Lipinski definition) is 1. The third-order valence-corrected chi connectivity index (χ3v) is 5.30. The predicted octanol–water partition coefficient (Wildman–Crippen LogP) is 4.28. The van der Waals surface area contributed by atoms with Crippen molar-refractivity contribution in [2.45, 2.75) is 71.0 Å². The third-order valence-electron chi connectivity index (χ3n) is 5.30. The van der Waals surface area contributed by atoms with Gasteiger partial charge in [-0.15, -0.1) is 0 Å². The van der Waals surface area contributed by atoms with Crippen molar-refractivity contribution in [3.63, 3.8) is 0 Å². The summed E-state index contributed by atoms with van der Waals surface area (Å²) in [5.41, 5.74) is 9.17. The van der Waals surface area contributed by atoms with Crippen LogP contribution >= 0.6 is 0 Å². The molecule has 0 aromatic heterocycles. The van der Waals surface area contributed by atoms with Gasteiger partial charge in [0.15, 0.2) is 0 Å². The molecule has 0 bridgehead atoms. The molecule has 1 aromatic carbocycles. The van der Waals surface area contributed by atoms with E-state index in [1.54, 1.807) is 0 Å². The van der Waals surface area contributed by atoms with Crippen LogP contribution in [0.15, 0.2) is 24.3 Å². The van der Waals surface area contributed by atoms with Gasteiger partial charge in [-0.05, 0) is 57.6 Å². The van der Waals surface area contributed by atoms with E-state index in [9.17, 15) is 0 Å². The Bertz CT molecular complexity index is 418. The number of hydrogen-bond acceptors (Lipinski definition) is 2. The maximum absolute atomic E-state index is 6.48. The summed E-state index contributed by atoms with van der Waals surface area (Å²) in [6.45, 7) is 6.72. The summed E-state index contributed by atoms with van der Waals surface area (Å²) in [7, 11) is 2.28. The molecule has 1 aliphatic rings. The van der Waals surface area contributed by atoms with Gasteiger partial charge >= 0.3 is 0 Å². The zero-order valence-corrected chi connectivity index (χ0v) is 14.2. The Morgan fingerprint density at radius 2 is 1.71 bits per heavy atom. The lowest BCUT2D eigenvalue weighted by Gasteiger charge is -2.41. The van der Waals surface area contributed by atoms with Gasteiger partial charge in [-0.25, -0.2) is 0 Å². The summed E-state index contributed by atoms with van der Waals surface area (Å²) in [4.78, 5) is 2.56. The molecule has 21 heavy (non-hydrogen) atoms. The second kappa shape index (κ2) is 7.42. The Hall–Kier alpha value is -0.860. The van der Waals surface area contributed by atoms with E-state index in [1.807, 2.05) is 0 Å². The molecule has 118 valence electrons. The van der Waals surface area contributed by atoms with Crippen LogP contribution in [0.3, 0.4) is 0 Å². The first kappa shape index (κ1) is 16.5. The Balaban J connectivity index is 2.17. The van der Waals surface area contributed by atoms with E-state index in [-0.39, 0.29) is 6.04 Å². The summed E-state index contributed by atoms with van der Waals surface area (Å²) in [5.74, 6) is 0.896. The zero-order chi connectivity index (χ0) is 15.4. The lowest BCUT2D eigenvalue weighted by Crippen LogP contribution is -2.45. The SMILES string of the molecule is CCC(N)C(c1ccc(C)cc1)N(C)C1CCC(C)CC1. The van der Waals surface area contributed by atoms with Gasteiger partial charge in [0.05, 0.1) is 0 Å². The number of rotatable bonds is 5. The summed E-state index contributed by atoms with van der Waals surface area (Å²) in [6.07, 6.45) is 6.37. The van der Waals surface area contributed by atoms with Gasteiger partial charge in [-0.3, -0.25) is 4.90 Å². The monoisotopic (exact) mass is 288 g/mol. The minimum atomic E-state index is 0.206. The fourth-order valence-electron chi connectivity index (χ4n) is 3.65. The normalized spacial score (nSPS) is 25.8. The third kappa shape index (κ3) is 4.08. The second-order valence-corrected chi connectivity index (χ2v) is 7.01. The largest absolute Gasteiger partial charge is 0.326 e. The molecule has 1 saturated carbocycles. The molecule has 0 saturated heterocycles. The van der Waals surface area contributed by atoms with E-state index in [0.29, 0.717) is 12.1 Å². The first-order valence-corrected chi connectivity index (χ1v) is 8.57. The Morgan fingerprint density at radius 3 is 2.24 bits per heavy atom. The topological polar surface area (TPSA) is 29.3 Å². The molecule has 2 heteroatoms. The maximum Gasteiger partial charge on any atom is 0.0498 e. The Morgan fingerprint density at radius 1 is 1.14 bits per heavy atom. The summed E-state index contributed by atoms with van der Waals surface area (Å²) in [5, 5.41) is 0. The highest BCUT2D eigenvalue weighted by atomic mass is 15.2. The standard InChI is InChI=1S/C19H32N2/c1-5-18(20)19(16-10-6-14(2)7-11-16)21(4)17-12-8-15(3)9-13-17/h6-7,10-11,15,17-19H,5,8-9,12-13,20H2,1-4H3. The van der Waals surface area contributed by atoms with E-state index in [2.05, 4.69) is 57.0 Å². The number of nitrogens with two attached hydrogens (primary N) is 1. The quantitative estimate of drug-likeness (QED) is 0.876. The number of aryl methyl sites for hydroxylation is 1. The van der Waals surface area contributed by atoms with E-state index in [4.69, 9.17) is 5.73 Å². The molecule has 1 aromatic rings. The van der Waals surface area contributed by atoms with Gasteiger partial charge in [0, 0.05) is 18.1 Å². The van der Waals surface area contributed by atoms with Crippen LogP contribution in [0.4, 0.5) is 0 Å². The van der Waals surface area contributed by atoms with Gasteiger partial charge in [0.25, 0.3) is 0 Å². The highest BCUT2D eigenvalue weighted by Crippen LogP contribution is 2.33. The van der Waals surface area contributed by atoms with Crippen LogP contribution in [0.2, 0.25) is 0 Å². The predicted molar refractivity (Wildman–Crippen MR) is 91.4 cm³/mol. The van der Waals surface area contributed by atoms with Crippen LogP contribution in [0.1, 0.15) is 63.1 Å². The van der Waals surface area contributed by atoms with Gasteiger partial charge in [0.1, 0.15) is 0 Å². The highest BCUT2D eigenvalue weighted by Gasteiger charge is 2.30.